The van der Waals surface area contributed by atoms with E-state index in [1.54, 1.807) is 19.3 Å². The second-order valence-electron chi connectivity index (χ2n) is 7.01. The van der Waals surface area contributed by atoms with Gasteiger partial charge in [0.2, 0.25) is 0 Å². The van der Waals surface area contributed by atoms with Crippen LogP contribution in [0.4, 0.5) is 4.39 Å². The summed E-state index contributed by atoms with van der Waals surface area (Å²) in [5, 5.41) is 9.86. The molecule has 120 valence electrons. The molecule has 0 spiro atoms. The van der Waals surface area contributed by atoms with Crippen molar-refractivity contribution >= 4 is 11.0 Å². The summed E-state index contributed by atoms with van der Waals surface area (Å²) in [6.07, 6.45) is 3.85. The van der Waals surface area contributed by atoms with Gasteiger partial charge < -0.3 is 14.4 Å². The van der Waals surface area contributed by atoms with Crippen molar-refractivity contribution in [3.63, 3.8) is 0 Å². The highest BCUT2D eigenvalue weighted by atomic mass is 19.1. The van der Waals surface area contributed by atoms with Gasteiger partial charge in [0, 0.05) is 18.2 Å². The van der Waals surface area contributed by atoms with E-state index in [1.165, 1.54) is 6.07 Å². The molecule has 0 amide bonds. The molecule has 1 aromatic heterocycles. The van der Waals surface area contributed by atoms with Gasteiger partial charge in [-0.05, 0) is 32.1 Å². The van der Waals surface area contributed by atoms with Gasteiger partial charge in [-0.25, -0.2) is 9.37 Å². The Balaban J connectivity index is 1.81. The van der Waals surface area contributed by atoms with Crippen molar-refractivity contribution in [2.75, 3.05) is 6.61 Å². The van der Waals surface area contributed by atoms with Gasteiger partial charge in [0.25, 0.3) is 0 Å². The molecule has 1 aromatic carbocycles. The van der Waals surface area contributed by atoms with E-state index < -0.39 is 5.60 Å². The van der Waals surface area contributed by atoms with Gasteiger partial charge in [-0.2, -0.15) is 0 Å². The lowest BCUT2D eigenvalue weighted by atomic mass is 9.77. The maximum Gasteiger partial charge on any atom is 0.152 e. The van der Waals surface area contributed by atoms with E-state index >= 15 is 0 Å². The van der Waals surface area contributed by atoms with Crippen LogP contribution in [-0.2, 0) is 0 Å². The van der Waals surface area contributed by atoms with Crippen molar-refractivity contribution in [3.8, 4) is 5.75 Å². The molecule has 2 aromatic rings. The predicted octanol–water partition coefficient (Wildman–Crippen LogP) is 3.69. The number of aliphatic hydroxyl groups is 1. The number of benzene rings is 1. The van der Waals surface area contributed by atoms with Crippen molar-refractivity contribution in [1.82, 2.24) is 9.55 Å². The first-order valence-electron chi connectivity index (χ1n) is 7.87. The molecule has 3 rings (SSSR count). The Morgan fingerprint density at radius 3 is 2.82 bits per heavy atom. The molecular weight excluding hydrogens is 283 g/mol. The van der Waals surface area contributed by atoms with Crippen LogP contribution >= 0.6 is 0 Å². The zero-order valence-corrected chi connectivity index (χ0v) is 13.3. The van der Waals surface area contributed by atoms with E-state index in [0.29, 0.717) is 42.1 Å². The van der Waals surface area contributed by atoms with Gasteiger partial charge in [0.1, 0.15) is 11.3 Å². The molecule has 0 bridgehead atoms. The first-order valence-corrected chi connectivity index (χ1v) is 7.87. The van der Waals surface area contributed by atoms with Crippen LogP contribution in [0.5, 0.6) is 5.75 Å². The lowest BCUT2D eigenvalue weighted by molar-refractivity contribution is -0.0499. The van der Waals surface area contributed by atoms with Crippen LogP contribution in [-0.4, -0.2) is 26.9 Å². The second kappa shape index (κ2) is 5.54. The standard InChI is InChI=1S/C17H23FN2O2/c1-11(2)4-5-22-13-6-14(18)16-15(7-13)19-10-20(16)12-8-17(3,21)9-12/h6-7,10-12,21H,4-5,8-9H2,1-3H3/t12-,17-. The summed E-state index contributed by atoms with van der Waals surface area (Å²) in [4.78, 5) is 4.30. The molecule has 5 heteroatoms. The fourth-order valence-electron chi connectivity index (χ4n) is 3.02. The summed E-state index contributed by atoms with van der Waals surface area (Å²) in [5.74, 6) is 0.761. The largest absolute Gasteiger partial charge is 0.493 e. The Morgan fingerprint density at radius 2 is 2.18 bits per heavy atom. The van der Waals surface area contributed by atoms with Crippen molar-refractivity contribution in [3.05, 3.63) is 24.3 Å². The van der Waals surface area contributed by atoms with Crippen LogP contribution in [0.15, 0.2) is 18.5 Å². The molecule has 4 nitrogen and oxygen atoms in total. The molecule has 1 aliphatic rings. The first-order chi connectivity index (χ1) is 10.4. The molecule has 0 atom stereocenters. The van der Waals surface area contributed by atoms with Crippen molar-refractivity contribution < 1.29 is 14.2 Å². The predicted molar refractivity (Wildman–Crippen MR) is 83.5 cm³/mol. The third kappa shape index (κ3) is 2.95. The average Bonchev–Trinajstić information content (AvgIpc) is 2.79. The Labute approximate surface area is 129 Å². The number of aromatic nitrogens is 2. The minimum atomic E-state index is -0.641. The third-order valence-electron chi connectivity index (χ3n) is 4.30. The van der Waals surface area contributed by atoms with Crippen molar-refractivity contribution in [1.29, 1.82) is 0 Å². The summed E-state index contributed by atoms with van der Waals surface area (Å²) in [6, 6.07) is 3.33. The van der Waals surface area contributed by atoms with Gasteiger partial charge in [-0.15, -0.1) is 0 Å². The van der Waals surface area contributed by atoms with Gasteiger partial charge >= 0.3 is 0 Å². The first kappa shape index (κ1) is 15.3. The zero-order chi connectivity index (χ0) is 15.9. The highest BCUT2D eigenvalue weighted by Crippen LogP contribution is 2.42. The van der Waals surface area contributed by atoms with Crippen LogP contribution in [0.2, 0.25) is 0 Å². The number of rotatable bonds is 5. The van der Waals surface area contributed by atoms with Gasteiger partial charge in [0.05, 0.1) is 24.1 Å². The summed E-state index contributed by atoms with van der Waals surface area (Å²) in [5.41, 5.74) is 0.459. The molecule has 1 fully saturated rings. The van der Waals surface area contributed by atoms with Crippen LogP contribution < -0.4 is 4.74 Å². The molecule has 0 saturated heterocycles. The smallest absolute Gasteiger partial charge is 0.152 e. The molecular formula is C17H23FN2O2. The Kier molecular flexibility index (Phi) is 3.85. The second-order valence-corrected chi connectivity index (χ2v) is 7.01. The molecule has 1 saturated carbocycles. The fourth-order valence-corrected chi connectivity index (χ4v) is 3.02. The average molecular weight is 306 g/mol. The van der Waals surface area contributed by atoms with Crippen LogP contribution in [0.1, 0.15) is 46.1 Å². The fraction of sp³-hybridized carbons (Fsp3) is 0.588. The molecule has 0 aliphatic heterocycles. The van der Waals surface area contributed by atoms with E-state index in [0.717, 1.165) is 6.42 Å². The Hall–Kier alpha value is -1.62. The Morgan fingerprint density at radius 1 is 1.45 bits per heavy atom. The highest BCUT2D eigenvalue weighted by molar-refractivity contribution is 5.78. The molecule has 22 heavy (non-hydrogen) atoms. The van der Waals surface area contributed by atoms with Crippen LogP contribution in [0, 0.1) is 11.7 Å². The number of hydrogen-bond acceptors (Lipinski definition) is 3. The maximum atomic E-state index is 14.4. The van der Waals surface area contributed by atoms with Crippen LogP contribution in [0.25, 0.3) is 11.0 Å². The van der Waals surface area contributed by atoms with Crippen LogP contribution in [0.3, 0.4) is 0 Å². The molecule has 0 unspecified atom stereocenters. The number of imidazole rings is 1. The van der Waals surface area contributed by atoms with E-state index in [4.69, 9.17) is 4.74 Å². The zero-order valence-electron chi connectivity index (χ0n) is 13.3. The molecule has 0 radical (unpaired) electrons. The summed E-state index contributed by atoms with van der Waals surface area (Å²) in [6.45, 7) is 6.64. The van der Waals surface area contributed by atoms with Crippen molar-refractivity contribution in [2.24, 2.45) is 5.92 Å². The Bertz CT molecular complexity index is 671. The van der Waals surface area contributed by atoms with Gasteiger partial charge in [0.15, 0.2) is 5.82 Å². The third-order valence-corrected chi connectivity index (χ3v) is 4.30. The lowest BCUT2D eigenvalue weighted by Crippen LogP contribution is -2.41. The highest BCUT2D eigenvalue weighted by Gasteiger charge is 2.40. The van der Waals surface area contributed by atoms with Gasteiger partial charge in [-0.3, -0.25) is 0 Å². The summed E-state index contributed by atoms with van der Waals surface area (Å²) in [7, 11) is 0. The quantitative estimate of drug-likeness (QED) is 0.916. The molecule has 1 heterocycles. The van der Waals surface area contributed by atoms with E-state index in [1.807, 2.05) is 4.57 Å². The number of halogens is 1. The van der Waals surface area contributed by atoms with Gasteiger partial charge in [-0.1, -0.05) is 13.8 Å². The molecule has 1 N–H and O–H groups in total. The lowest BCUT2D eigenvalue weighted by Gasteiger charge is -2.41. The number of fused-ring (bicyclic) bond motifs is 1. The molecule has 1 aliphatic carbocycles. The minimum absolute atomic E-state index is 0.113. The van der Waals surface area contributed by atoms with E-state index in [2.05, 4.69) is 18.8 Å². The summed E-state index contributed by atoms with van der Waals surface area (Å²) < 4.78 is 21.9. The van der Waals surface area contributed by atoms with Crippen molar-refractivity contribution in [2.45, 2.75) is 51.7 Å². The number of nitrogens with zero attached hydrogens (tertiary/aromatic N) is 2. The maximum absolute atomic E-state index is 14.4. The minimum Gasteiger partial charge on any atom is -0.493 e. The number of hydrogen-bond donors (Lipinski definition) is 1. The van der Waals surface area contributed by atoms with E-state index in [-0.39, 0.29) is 11.9 Å². The SMILES string of the molecule is CC(C)CCOc1cc(F)c2c(c1)ncn2[C@H]1C[C@](C)(O)C1. The topological polar surface area (TPSA) is 47.3 Å². The normalized spacial score (nSPS) is 24.7. The monoisotopic (exact) mass is 306 g/mol. The number of ether oxygens (including phenoxy) is 1. The van der Waals surface area contributed by atoms with E-state index in [9.17, 15) is 9.50 Å². The summed E-state index contributed by atoms with van der Waals surface area (Å²) >= 11 is 0.